The third kappa shape index (κ3) is 3.38. The number of carbonyl (C=O) groups is 1. The average Bonchev–Trinajstić information content (AvgIpc) is 2.60. The van der Waals surface area contributed by atoms with Crippen molar-refractivity contribution in [2.45, 2.75) is 6.61 Å². The van der Waals surface area contributed by atoms with E-state index in [0.29, 0.717) is 0 Å². The molecule has 0 spiro atoms. The van der Waals surface area contributed by atoms with Gasteiger partial charge in [-0.1, -0.05) is 30.3 Å². The minimum absolute atomic E-state index is 0.168. The van der Waals surface area contributed by atoms with E-state index in [9.17, 15) is 9.90 Å². The Morgan fingerprint density at radius 2 is 2.05 bits per heavy atom. The summed E-state index contributed by atoms with van der Waals surface area (Å²) < 4.78 is 5.12. The molecule has 0 fully saturated rings. The molecule has 2 rings (SSSR count). The van der Waals surface area contributed by atoms with Crippen LogP contribution in [0.5, 0.6) is 0 Å². The molecule has 1 aliphatic rings. The number of nitrogens with two attached hydrogens (primary N) is 1. The fourth-order valence-corrected chi connectivity index (χ4v) is 1.48. The van der Waals surface area contributed by atoms with Crippen LogP contribution in [-0.2, 0) is 11.3 Å². The molecule has 1 amide bonds. The van der Waals surface area contributed by atoms with Crippen molar-refractivity contribution in [3.8, 4) is 0 Å². The molecule has 1 aromatic carbocycles. The monoisotopic (exact) mass is 258 g/mol. The standard InChI is InChI=1S/C14H14N2O3/c15-12-7-4-8-16(9-13(12)17)14(18)19-10-11-5-2-1-3-6-11/h1-9,17H,10,15H2. The predicted molar refractivity (Wildman–Crippen MR) is 70.6 cm³/mol. The summed E-state index contributed by atoms with van der Waals surface area (Å²) in [7, 11) is 0. The molecule has 5 nitrogen and oxygen atoms in total. The number of carbonyl (C=O) groups excluding carboxylic acids is 1. The largest absolute Gasteiger partial charge is 0.504 e. The van der Waals surface area contributed by atoms with E-state index >= 15 is 0 Å². The highest BCUT2D eigenvalue weighted by Gasteiger charge is 2.13. The molecule has 0 aromatic heterocycles. The molecule has 5 heteroatoms. The normalized spacial score (nSPS) is 14.4. The predicted octanol–water partition coefficient (Wildman–Crippen LogP) is 2.39. The van der Waals surface area contributed by atoms with Gasteiger partial charge in [0.05, 0.1) is 11.9 Å². The SMILES string of the molecule is NC1=CC=CN(C(=O)OCc2ccccc2)C=C1O. The molecule has 0 unspecified atom stereocenters. The summed E-state index contributed by atoms with van der Waals surface area (Å²) in [5.41, 5.74) is 6.60. The van der Waals surface area contributed by atoms with Gasteiger partial charge in [0.2, 0.25) is 0 Å². The molecule has 3 N–H and O–H groups in total. The third-order valence-electron chi connectivity index (χ3n) is 2.50. The van der Waals surface area contributed by atoms with Crippen LogP contribution in [0.3, 0.4) is 0 Å². The lowest BCUT2D eigenvalue weighted by Crippen LogP contribution is -2.21. The zero-order valence-corrected chi connectivity index (χ0v) is 10.2. The maximum Gasteiger partial charge on any atom is 0.418 e. The van der Waals surface area contributed by atoms with Gasteiger partial charge < -0.3 is 15.6 Å². The number of benzene rings is 1. The number of nitrogens with zero attached hydrogens (tertiary/aromatic N) is 1. The maximum atomic E-state index is 11.8. The number of ether oxygens (including phenoxy) is 1. The van der Waals surface area contributed by atoms with E-state index in [2.05, 4.69) is 0 Å². The van der Waals surface area contributed by atoms with Crippen molar-refractivity contribution in [3.63, 3.8) is 0 Å². The molecule has 0 saturated carbocycles. The molecule has 0 aliphatic carbocycles. The second-order valence-electron chi connectivity index (χ2n) is 3.93. The maximum absolute atomic E-state index is 11.8. The van der Waals surface area contributed by atoms with Crippen LogP contribution in [0.1, 0.15) is 5.56 Å². The molecule has 0 radical (unpaired) electrons. The van der Waals surface area contributed by atoms with E-state index in [-0.39, 0.29) is 18.1 Å². The van der Waals surface area contributed by atoms with E-state index in [1.165, 1.54) is 18.5 Å². The third-order valence-corrected chi connectivity index (χ3v) is 2.50. The fourth-order valence-electron chi connectivity index (χ4n) is 1.48. The quantitative estimate of drug-likeness (QED) is 0.854. The first-order valence-corrected chi connectivity index (χ1v) is 5.71. The first-order chi connectivity index (χ1) is 9.16. The zero-order chi connectivity index (χ0) is 13.7. The Hall–Kier alpha value is -2.69. The number of hydrogen-bond acceptors (Lipinski definition) is 4. The van der Waals surface area contributed by atoms with E-state index in [0.717, 1.165) is 10.5 Å². The lowest BCUT2D eigenvalue weighted by Gasteiger charge is -2.13. The summed E-state index contributed by atoms with van der Waals surface area (Å²) in [5.74, 6) is -0.179. The Kier molecular flexibility index (Phi) is 3.87. The lowest BCUT2D eigenvalue weighted by molar-refractivity contribution is 0.120. The van der Waals surface area contributed by atoms with Gasteiger partial charge in [0.25, 0.3) is 0 Å². The highest BCUT2D eigenvalue weighted by Crippen LogP contribution is 2.10. The Morgan fingerprint density at radius 3 is 2.79 bits per heavy atom. The number of amides is 1. The number of hydrogen-bond donors (Lipinski definition) is 2. The van der Waals surface area contributed by atoms with E-state index < -0.39 is 6.09 Å². The van der Waals surface area contributed by atoms with Crippen LogP contribution in [-0.4, -0.2) is 16.1 Å². The van der Waals surface area contributed by atoms with E-state index in [4.69, 9.17) is 10.5 Å². The first-order valence-electron chi connectivity index (χ1n) is 5.71. The second-order valence-corrected chi connectivity index (χ2v) is 3.93. The number of aliphatic hydroxyl groups excluding tert-OH is 1. The van der Waals surface area contributed by atoms with Gasteiger partial charge in [-0.05, 0) is 17.7 Å². The van der Waals surface area contributed by atoms with Crippen LogP contribution in [0.25, 0.3) is 0 Å². The Labute approximate surface area is 110 Å². The molecule has 1 aliphatic heterocycles. The van der Waals surface area contributed by atoms with Crippen LogP contribution in [0, 0.1) is 0 Å². The second kappa shape index (κ2) is 5.77. The molecule has 1 aromatic rings. The minimum Gasteiger partial charge on any atom is -0.504 e. The molecular weight excluding hydrogens is 244 g/mol. The van der Waals surface area contributed by atoms with Crippen molar-refractivity contribution in [2.75, 3.05) is 0 Å². The van der Waals surface area contributed by atoms with Gasteiger partial charge in [-0.2, -0.15) is 0 Å². The van der Waals surface area contributed by atoms with Crippen LogP contribution < -0.4 is 5.73 Å². The first kappa shape index (κ1) is 12.8. The Morgan fingerprint density at radius 1 is 1.32 bits per heavy atom. The van der Waals surface area contributed by atoms with Gasteiger partial charge in [0.15, 0.2) is 5.76 Å². The molecule has 19 heavy (non-hydrogen) atoms. The number of allylic oxidation sites excluding steroid dienone is 2. The average molecular weight is 258 g/mol. The highest BCUT2D eigenvalue weighted by molar-refractivity contribution is 5.70. The van der Waals surface area contributed by atoms with Gasteiger partial charge in [0.1, 0.15) is 6.61 Å². The summed E-state index contributed by atoms with van der Waals surface area (Å²) in [6.07, 6.45) is 5.14. The van der Waals surface area contributed by atoms with Crippen molar-refractivity contribution in [1.29, 1.82) is 0 Å². The van der Waals surface area contributed by atoms with Gasteiger partial charge in [-0.25, -0.2) is 4.79 Å². The molecule has 98 valence electrons. The summed E-state index contributed by atoms with van der Waals surface area (Å²) >= 11 is 0. The molecule has 0 bridgehead atoms. The summed E-state index contributed by atoms with van der Waals surface area (Å²) in [4.78, 5) is 12.9. The zero-order valence-electron chi connectivity index (χ0n) is 10.2. The topological polar surface area (TPSA) is 75.8 Å². The van der Waals surface area contributed by atoms with Gasteiger partial charge in [0, 0.05) is 6.20 Å². The smallest absolute Gasteiger partial charge is 0.418 e. The van der Waals surface area contributed by atoms with Crippen LogP contribution in [0.4, 0.5) is 4.79 Å². The van der Waals surface area contributed by atoms with E-state index in [1.807, 2.05) is 30.3 Å². The van der Waals surface area contributed by atoms with Crippen LogP contribution >= 0.6 is 0 Å². The summed E-state index contributed by atoms with van der Waals surface area (Å²) in [6.45, 7) is 0.168. The minimum atomic E-state index is -0.588. The summed E-state index contributed by atoms with van der Waals surface area (Å²) in [5, 5.41) is 9.54. The van der Waals surface area contributed by atoms with Gasteiger partial charge >= 0.3 is 6.09 Å². The lowest BCUT2D eigenvalue weighted by atomic mass is 10.2. The van der Waals surface area contributed by atoms with E-state index in [1.54, 1.807) is 6.08 Å². The van der Waals surface area contributed by atoms with Crippen molar-refractivity contribution in [2.24, 2.45) is 5.73 Å². The molecular formula is C14H14N2O3. The highest BCUT2D eigenvalue weighted by atomic mass is 16.6. The molecule has 1 heterocycles. The van der Waals surface area contributed by atoms with Crippen LogP contribution in [0.2, 0.25) is 0 Å². The number of rotatable bonds is 2. The van der Waals surface area contributed by atoms with Crippen LogP contribution in [0.15, 0.2) is 66.3 Å². The fraction of sp³-hybridized carbons (Fsp3) is 0.0714. The number of aliphatic hydroxyl groups is 1. The summed E-state index contributed by atoms with van der Waals surface area (Å²) in [6, 6.07) is 9.34. The van der Waals surface area contributed by atoms with Crippen molar-refractivity contribution >= 4 is 6.09 Å². The molecule has 0 saturated heterocycles. The molecule has 0 atom stereocenters. The van der Waals surface area contributed by atoms with Crippen molar-refractivity contribution in [1.82, 2.24) is 4.90 Å². The van der Waals surface area contributed by atoms with Gasteiger partial charge in [-0.15, -0.1) is 0 Å². The van der Waals surface area contributed by atoms with Crippen molar-refractivity contribution < 1.29 is 14.6 Å². The van der Waals surface area contributed by atoms with Crippen molar-refractivity contribution in [3.05, 3.63) is 71.9 Å². The Balaban J connectivity index is 1.98. The van der Waals surface area contributed by atoms with Gasteiger partial charge in [-0.3, -0.25) is 4.90 Å². The Bertz CT molecular complexity index is 547.